The molecule has 0 radical (unpaired) electrons. The van der Waals surface area contributed by atoms with Crippen LogP contribution in [0.2, 0.25) is 0 Å². The van der Waals surface area contributed by atoms with E-state index < -0.39 is 5.79 Å². The number of hydrogen-bond acceptors (Lipinski definition) is 4. The van der Waals surface area contributed by atoms with Crippen LogP contribution in [0.1, 0.15) is 61.8 Å². The number of hydrogen-bond donors (Lipinski definition) is 0. The summed E-state index contributed by atoms with van der Waals surface area (Å²) in [6, 6.07) is 0. The normalized spacial score (nSPS) is 30.6. The van der Waals surface area contributed by atoms with E-state index in [9.17, 15) is 4.79 Å². The average molecular weight is 326 g/mol. The minimum absolute atomic E-state index is 0.0159. The zero-order valence-corrected chi connectivity index (χ0v) is 16.0. The highest BCUT2D eigenvalue weighted by atomic mass is 16.7. The van der Waals surface area contributed by atoms with E-state index in [1.165, 1.54) is 0 Å². The van der Waals surface area contributed by atoms with Gasteiger partial charge in [-0.3, -0.25) is 0 Å². The van der Waals surface area contributed by atoms with Crippen molar-refractivity contribution >= 4 is 5.97 Å². The molecule has 4 nitrogen and oxygen atoms in total. The van der Waals surface area contributed by atoms with Gasteiger partial charge in [0.1, 0.15) is 0 Å². The summed E-state index contributed by atoms with van der Waals surface area (Å²) in [5.74, 6) is -0.0104. The van der Waals surface area contributed by atoms with Crippen LogP contribution in [-0.4, -0.2) is 30.6 Å². The second-order valence-electron chi connectivity index (χ2n) is 7.24. The molecule has 1 rings (SSSR count). The van der Waals surface area contributed by atoms with Crippen LogP contribution in [0, 0.1) is 17.8 Å². The number of esters is 1. The fraction of sp³-hybridized carbons (Fsp3) is 0.842. The van der Waals surface area contributed by atoms with E-state index in [-0.39, 0.29) is 30.0 Å². The molecule has 134 valence electrons. The molecule has 0 aliphatic carbocycles. The van der Waals surface area contributed by atoms with Crippen molar-refractivity contribution in [3.63, 3.8) is 0 Å². The summed E-state index contributed by atoms with van der Waals surface area (Å²) in [7, 11) is 0. The fourth-order valence-corrected chi connectivity index (χ4v) is 3.34. The van der Waals surface area contributed by atoms with E-state index >= 15 is 0 Å². The first-order chi connectivity index (χ1) is 10.6. The van der Waals surface area contributed by atoms with E-state index in [0.717, 1.165) is 6.42 Å². The Morgan fingerprint density at radius 2 is 1.78 bits per heavy atom. The lowest BCUT2D eigenvalue weighted by molar-refractivity contribution is -0.332. The maximum atomic E-state index is 11.8. The van der Waals surface area contributed by atoms with Gasteiger partial charge in [0.25, 0.3) is 0 Å². The molecule has 0 N–H and O–H groups in total. The summed E-state index contributed by atoms with van der Waals surface area (Å²) in [5, 5.41) is 0. The van der Waals surface area contributed by atoms with Crippen LogP contribution in [0.5, 0.6) is 0 Å². The molecule has 1 heterocycles. The molecule has 0 amide bonds. The predicted molar refractivity (Wildman–Crippen MR) is 92.0 cm³/mol. The van der Waals surface area contributed by atoms with Crippen LogP contribution < -0.4 is 0 Å². The van der Waals surface area contributed by atoms with Gasteiger partial charge in [0.05, 0.1) is 18.8 Å². The van der Waals surface area contributed by atoms with Crippen LogP contribution >= 0.6 is 0 Å². The molecule has 0 saturated carbocycles. The summed E-state index contributed by atoms with van der Waals surface area (Å²) < 4.78 is 17.4. The molecule has 1 aliphatic heterocycles. The van der Waals surface area contributed by atoms with Gasteiger partial charge in [-0.2, -0.15) is 0 Å². The molecule has 1 fully saturated rings. The number of carbonyl (C=O) groups excluding carboxylic acids is 1. The molecule has 1 aliphatic rings. The fourth-order valence-electron chi connectivity index (χ4n) is 3.34. The maximum Gasteiger partial charge on any atom is 0.333 e. The molecular weight excluding hydrogens is 292 g/mol. The zero-order chi connectivity index (χ0) is 17.8. The van der Waals surface area contributed by atoms with Gasteiger partial charge in [0, 0.05) is 17.4 Å². The van der Waals surface area contributed by atoms with Crippen LogP contribution in [0.3, 0.4) is 0 Å². The molecule has 1 saturated heterocycles. The van der Waals surface area contributed by atoms with E-state index in [1.807, 2.05) is 26.8 Å². The Hall–Kier alpha value is -0.870. The van der Waals surface area contributed by atoms with Crippen molar-refractivity contribution in [3.05, 3.63) is 11.6 Å². The van der Waals surface area contributed by atoms with Crippen molar-refractivity contribution in [1.29, 1.82) is 0 Å². The van der Waals surface area contributed by atoms with Crippen LogP contribution in [-0.2, 0) is 19.0 Å². The Morgan fingerprint density at radius 3 is 2.30 bits per heavy atom. The Bertz CT molecular complexity index is 427. The van der Waals surface area contributed by atoms with Crippen molar-refractivity contribution in [3.8, 4) is 0 Å². The lowest BCUT2D eigenvalue weighted by Crippen LogP contribution is -2.53. The summed E-state index contributed by atoms with van der Waals surface area (Å²) in [4.78, 5) is 11.8. The molecule has 0 bridgehead atoms. The first kappa shape index (κ1) is 20.2. The summed E-state index contributed by atoms with van der Waals surface area (Å²) in [6.45, 7) is 16.6. The summed E-state index contributed by atoms with van der Waals surface area (Å²) >= 11 is 0. The van der Waals surface area contributed by atoms with Crippen LogP contribution in [0.15, 0.2) is 11.6 Å². The largest absolute Gasteiger partial charge is 0.463 e. The van der Waals surface area contributed by atoms with Gasteiger partial charge in [-0.05, 0) is 33.6 Å². The van der Waals surface area contributed by atoms with Gasteiger partial charge in [0.15, 0.2) is 5.79 Å². The van der Waals surface area contributed by atoms with E-state index in [1.54, 1.807) is 6.92 Å². The molecule has 0 aromatic rings. The molecule has 0 spiro atoms. The zero-order valence-electron chi connectivity index (χ0n) is 16.0. The lowest BCUT2D eigenvalue weighted by atomic mass is 9.81. The van der Waals surface area contributed by atoms with E-state index in [0.29, 0.717) is 18.1 Å². The van der Waals surface area contributed by atoms with E-state index in [2.05, 4.69) is 27.7 Å². The topological polar surface area (TPSA) is 44.8 Å². The van der Waals surface area contributed by atoms with Gasteiger partial charge < -0.3 is 14.2 Å². The summed E-state index contributed by atoms with van der Waals surface area (Å²) in [5.41, 5.74) is 0.638. The van der Waals surface area contributed by atoms with E-state index in [4.69, 9.17) is 14.2 Å². The highest BCUT2D eigenvalue weighted by molar-refractivity contribution is 5.87. The molecule has 4 heteroatoms. The number of carbonyl (C=O) groups is 1. The molecule has 5 atom stereocenters. The first-order valence-electron chi connectivity index (χ1n) is 8.84. The quantitative estimate of drug-likeness (QED) is 0.538. The van der Waals surface area contributed by atoms with Crippen molar-refractivity contribution in [2.45, 2.75) is 79.8 Å². The van der Waals surface area contributed by atoms with Gasteiger partial charge in [-0.25, -0.2) is 4.79 Å². The monoisotopic (exact) mass is 326 g/mol. The molecule has 0 aromatic heterocycles. The van der Waals surface area contributed by atoms with Crippen molar-refractivity contribution in [2.24, 2.45) is 17.8 Å². The van der Waals surface area contributed by atoms with Crippen molar-refractivity contribution < 1.29 is 19.0 Å². The maximum absolute atomic E-state index is 11.8. The van der Waals surface area contributed by atoms with Crippen LogP contribution in [0.4, 0.5) is 0 Å². The minimum atomic E-state index is -0.606. The molecule has 23 heavy (non-hydrogen) atoms. The smallest absolute Gasteiger partial charge is 0.333 e. The average Bonchev–Trinajstić information content (AvgIpc) is 2.48. The molecule has 0 unspecified atom stereocenters. The van der Waals surface area contributed by atoms with Crippen molar-refractivity contribution in [2.75, 3.05) is 6.61 Å². The third kappa shape index (κ3) is 5.32. The van der Waals surface area contributed by atoms with Crippen LogP contribution in [0.25, 0.3) is 0 Å². The van der Waals surface area contributed by atoms with Gasteiger partial charge in [-0.15, -0.1) is 0 Å². The SMILES string of the molecule is CCOC(=O)/C(C)=C/[C@@H](C)[C@@H]1OC(C)(C)O[C@H]([C@@H](C)CC)[C@@H]1C. The Kier molecular flexibility index (Phi) is 7.28. The van der Waals surface area contributed by atoms with Gasteiger partial charge in [-0.1, -0.05) is 40.2 Å². The second-order valence-corrected chi connectivity index (χ2v) is 7.24. The first-order valence-corrected chi connectivity index (χ1v) is 8.84. The highest BCUT2D eigenvalue weighted by Gasteiger charge is 2.44. The molecular formula is C19H34O4. The standard InChI is InChI=1S/C19H34O4/c1-9-12(3)16-15(6)17(23-19(7,8)22-16)13(4)11-14(5)18(20)21-10-2/h11-13,15-17H,9-10H2,1-8H3/b14-11+/t12-,13+,15-,16+,17-/m0/s1. The minimum Gasteiger partial charge on any atom is -0.463 e. The Balaban J connectivity index is 2.94. The van der Waals surface area contributed by atoms with Gasteiger partial charge in [0.2, 0.25) is 0 Å². The Morgan fingerprint density at radius 1 is 1.22 bits per heavy atom. The highest BCUT2D eigenvalue weighted by Crippen LogP contribution is 2.38. The number of ether oxygens (including phenoxy) is 3. The predicted octanol–water partition coefficient (Wildman–Crippen LogP) is 4.33. The lowest BCUT2D eigenvalue weighted by Gasteiger charge is -2.48. The second kappa shape index (κ2) is 8.29. The third-order valence-electron chi connectivity index (χ3n) is 4.71. The number of rotatable bonds is 6. The Labute approximate surface area is 141 Å². The molecule has 0 aromatic carbocycles. The van der Waals surface area contributed by atoms with Crippen molar-refractivity contribution in [1.82, 2.24) is 0 Å². The van der Waals surface area contributed by atoms with Gasteiger partial charge >= 0.3 is 5.97 Å². The summed E-state index contributed by atoms with van der Waals surface area (Å²) in [6.07, 6.45) is 3.22. The third-order valence-corrected chi connectivity index (χ3v) is 4.71.